The van der Waals surface area contributed by atoms with Crippen molar-refractivity contribution in [3.63, 3.8) is 0 Å². The van der Waals surface area contributed by atoms with Gasteiger partial charge in [0.05, 0.1) is 10.0 Å². The van der Waals surface area contributed by atoms with Gasteiger partial charge in [0.2, 0.25) is 0 Å². The van der Waals surface area contributed by atoms with Gasteiger partial charge in [-0.15, -0.1) is 0 Å². The summed E-state index contributed by atoms with van der Waals surface area (Å²) in [5.74, 6) is 0.854. The van der Waals surface area contributed by atoms with Crippen molar-refractivity contribution >= 4 is 23.2 Å². The van der Waals surface area contributed by atoms with E-state index in [9.17, 15) is 0 Å². The van der Waals surface area contributed by atoms with Crippen LogP contribution in [-0.2, 0) is 5.41 Å². The Hall–Kier alpha value is -0.240. The maximum absolute atomic E-state index is 6.15. The lowest BCUT2D eigenvalue weighted by molar-refractivity contribution is 0.249. The summed E-state index contributed by atoms with van der Waals surface area (Å²) >= 11 is 12.2. The summed E-state index contributed by atoms with van der Waals surface area (Å²) in [6, 6.07) is 6.83. The van der Waals surface area contributed by atoms with Crippen LogP contribution in [0.3, 0.4) is 0 Å². The van der Waals surface area contributed by atoms with Gasteiger partial charge in [0.1, 0.15) is 0 Å². The monoisotopic (exact) mass is 269 g/mol. The minimum Gasteiger partial charge on any atom is -0.306 e. The topological polar surface area (TPSA) is 3.24 Å². The molecule has 0 radical (unpaired) electrons. The first-order chi connectivity index (χ1) is 8.05. The number of halogens is 2. The number of benzene rings is 1. The molecule has 0 aliphatic heterocycles. The molecular formula is C14H17Cl2N. The zero-order chi connectivity index (χ0) is 12.2. The maximum Gasteiger partial charge on any atom is 0.0595 e. The minimum atomic E-state index is 0.359. The second-order valence-corrected chi connectivity index (χ2v) is 6.44. The van der Waals surface area contributed by atoms with Gasteiger partial charge in [-0.05, 0) is 57.0 Å². The lowest BCUT2D eigenvalue weighted by Gasteiger charge is -2.30. The fraction of sp³-hybridized carbons (Fsp3) is 0.571. The van der Waals surface area contributed by atoms with Crippen molar-refractivity contribution in [2.75, 3.05) is 14.1 Å². The van der Waals surface area contributed by atoms with E-state index in [1.807, 2.05) is 6.07 Å². The highest BCUT2D eigenvalue weighted by Crippen LogP contribution is 2.65. The van der Waals surface area contributed by atoms with Crippen LogP contribution in [0.1, 0.15) is 24.8 Å². The fourth-order valence-corrected chi connectivity index (χ4v) is 4.08. The first kappa shape index (κ1) is 11.8. The third-order valence-corrected chi connectivity index (χ3v) is 5.36. The van der Waals surface area contributed by atoms with Gasteiger partial charge < -0.3 is 4.90 Å². The van der Waals surface area contributed by atoms with Crippen LogP contribution in [-0.4, -0.2) is 25.0 Å². The van der Waals surface area contributed by atoms with Crippen LogP contribution in [0.25, 0.3) is 0 Å². The minimum absolute atomic E-state index is 0.359. The van der Waals surface area contributed by atoms with Crippen molar-refractivity contribution in [2.24, 2.45) is 5.92 Å². The average molecular weight is 270 g/mol. The molecule has 0 bridgehead atoms. The van der Waals surface area contributed by atoms with Crippen molar-refractivity contribution in [2.45, 2.75) is 30.7 Å². The molecule has 3 rings (SSSR count). The molecule has 0 aromatic heterocycles. The van der Waals surface area contributed by atoms with Crippen LogP contribution in [0.5, 0.6) is 0 Å². The number of fused-ring (bicyclic) bond motifs is 1. The molecule has 1 nitrogen and oxygen atoms in total. The van der Waals surface area contributed by atoms with Crippen molar-refractivity contribution in [1.29, 1.82) is 0 Å². The summed E-state index contributed by atoms with van der Waals surface area (Å²) in [4.78, 5) is 2.37. The number of nitrogens with zero attached hydrogens (tertiary/aromatic N) is 1. The highest BCUT2D eigenvalue weighted by molar-refractivity contribution is 6.42. The van der Waals surface area contributed by atoms with Crippen LogP contribution >= 0.6 is 23.2 Å². The van der Waals surface area contributed by atoms with Crippen LogP contribution in [0.4, 0.5) is 0 Å². The Balaban J connectivity index is 2.00. The Morgan fingerprint density at radius 1 is 1.18 bits per heavy atom. The van der Waals surface area contributed by atoms with E-state index in [4.69, 9.17) is 23.2 Å². The zero-order valence-corrected chi connectivity index (χ0v) is 11.7. The quantitative estimate of drug-likeness (QED) is 0.785. The second kappa shape index (κ2) is 3.88. The standard InChI is InChI=1S/C14H17Cl2N/c1-17(2)13-6-4-10-8-14(10,13)9-3-5-11(15)12(16)7-9/h3,5,7,10,13H,4,6,8H2,1-2H3. The molecule has 17 heavy (non-hydrogen) atoms. The molecule has 0 amide bonds. The Labute approximate surface area is 113 Å². The van der Waals surface area contributed by atoms with E-state index in [0.717, 1.165) is 5.92 Å². The van der Waals surface area contributed by atoms with Crippen LogP contribution < -0.4 is 0 Å². The predicted octanol–water partition coefficient (Wildman–Crippen LogP) is 3.98. The molecule has 0 saturated heterocycles. The van der Waals surface area contributed by atoms with Crippen LogP contribution in [0, 0.1) is 5.92 Å². The smallest absolute Gasteiger partial charge is 0.0595 e. The van der Waals surface area contributed by atoms with Gasteiger partial charge in [-0.2, -0.15) is 0 Å². The summed E-state index contributed by atoms with van der Waals surface area (Å²) in [5.41, 5.74) is 1.74. The van der Waals surface area contributed by atoms with E-state index in [2.05, 4.69) is 31.1 Å². The lowest BCUT2D eigenvalue weighted by atomic mass is 9.88. The highest BCUT2D eigenvalue weighted by Gasteiger charge is 2.64. The van der Waals surface area contributed by atoms with E-state index in [0.29, 0.717) is 21.5 Å². The molecule has 2 aliphatic rings. The summed E-state index contributed by atoms with van der Waals surface area (Å²) in [5, 5.41) is 1.34. The summed E-state index contributed by atoms with van der Waals surface area (Å²) in [7, 11) is 4.37. The molecule has 3 heteroatoms. The largest absolute Gasteiger partial charge is 0.306 e. The Morgan fingerprint density at radius 3 is 2.53 bits per heavy atom. The number of hydrogen-bond acceptors (Lipinski definition) is 1. The summed E-state index contributed by atoms with van der Waals surface area (Å²) < 4.78 is 0. The van der Waals surface area contributed by atoms with E-state index in [1.54, 1.807) is 0 Å². The van der Waals surface area contributed by atoms with Crippen LogP contribution in [0.15, 0.2) is 18.2 Å². The SMILES string of the molecule is CN(C)C1CCC2CC21c1ccc(Cl)c(Cl)c1. The molecule has 1 aromatic carbocycles. The molecule has 2 aliphatic carbocycles. The molecule has 3 atom stereocenters. The molecule has 2 saturated carbocycles. The van der Waals surface area contributed by atoms with E-state index in [1.165, 1.54) is 24.8 Å². The van der Waals surface area contributed by atoms with Gasteiger partial charge in [-0.1, -0.05) is 29.3 Å². The number of likely N-dealkylation sites (N-methyl/N-ethyl adjacent to an activating group) is 1. The van der Waals surface area contributed by atoms with E-state index in [-0.39, 0.29) is 0 Å². The average Bonchev–Trinajstić information content (AvgIpc) is 2.89. The number of rotatable bonds is 2. The molecule has 0 spiro atoms. The molecule has 0 heterocycles. The van der Waals surface area contributed by atoms with Crippen molar-refractivity contribution < 1.29 is 0 Å². The normalized spacial score (nSPS) is 35.1. The molecular weight excluding hydrogens is 253 g/mol. The molecule has 2 fully saturated rings. The Kier molecular flexibility index (Phi) is 2.70. The Morgan fingerprint density at radius 2 is 1.94 bits per heavy atom. The van der Waals surface area contributed by atoms with Gasteiger partial charge in [-0.25, -0.2) is 0 Å². The maximum atomic E-state index is 6.15. The highest BCUT2D eigenvalue weighted by atomic mass is 35.5. The predicted molar refractivity (Wildman–Crippen MR) is 73.0 cm³/mol. The second-order valence-electron chi connectivity index (χ2n) is 5.63. The van der Waals surface area contributed by atoms with Crippen molar-refractivity contribution in [1.82, 2.24) is 4.90 Å². The summed E-state index contributed by atoms with van der Waals surface area (Å²) in [6.07, 6.45) is 3.97. The first-order valence-electron chi connectivity index (χ1n) is 6.17. The Bertz CT molecular complexity index is 458. The van der Waals surface area contributed by atoms with Crippen molar-refractivity contribution in [3.05, 3.63) is 33.8 Å². The lowest BCUT2D eigenvalue weighted by Crippen LogP contribution is -2.37. The fourth-order valence-electron chi connectivity index (χ4n) is 3.78. The van der Waals surface area contributed by atoms with Gasteiger partial charge in [0, 0.05) is 11.5 Å². The summed E-state index contributed by atoms with van der Waals surface area (Å²) in [6.45, 7) is 0. The van der Waals surface area contributed by atoms with Crippen LogP contribution in [0.2, 0.25) is 10.0 Å². The molecule has 0 N–H and O–H groups in total. The van der Waals surface area contributed by atoms with Gasteiger partial charge in [0.25, 0.3) is 0 Å². The number of hydrogen-bond donors (Lipinski definition) is 0. The zero-order valence-electron chi connectivity index (χ0n) is 10.2. The third-order valence-electron chi connectivity index (χ3n) is 4.62. The first-order valence-corrected chi connectivity index (χ1v) is 6.93. The molecule has 92 valence electrons. The van der Waals surface area contributed by atoms with Gasteiger partial charge in [0.15, 0.2) is 0 Å². The van der Waals surface area contributed by atoms with E-state index < -0.39 is 0 Å². The molecule has 3 unspecified atom stereocenters. The van der Waals surface area contributed by atoms with Gasteiger partial charge in [-0.3, -0.25) is 0 Å². The van der Waals surface area contributed by atoms with Gasteiger partial charge >= 0.3 is 0 Å². The van der Waals surface area contributed by atoms with Crippen molar-refractivity contribution in [3.8, 4) is 0 Å². The molecule has 1 aromatic rings. The van der Waals surface area contributed by atoms with E-state index >= 15 is 0 Å². The third kappa shape index (κ3) is 1.63.